The van der Waals surface area contributed by atoms with Crippen molar-refractivity contribution in [3.05, 3.63) is 48.4 Å². The van der Waals surface area contributed by atoms with E-state index in [9.17, 15) is 0 Å². The Hall–Kier alpha value is -1.94. The maximum atomic E-state index is 5.93. The first-order valence-corrected chi connectivity index (χ1v) is 7.02. The summed E-state index contributed by atoms with van der Waals surface area (Å²) in [5.41, 5.74) is 0. The molecular weight excluding hydrogens is 254 g/mol. The van der Waals surface area contributed by atoms with Crippen molar-refractivity contribution in [3.8, 4) is 11.5 Å². The molecule has 1 N–H and O–H groups in total. The third kappa shape index (κ3) is 2.80. The second-order valence-electron chi connectivity index (χ2n) is 4.88. The molecule has 0 fully saturated rings. The molecule has 0 radical (unpaired) electrons. The van der Waals surface area contributed by atoms with Crippen molar-refractivity contribution in [3.63, 3.8) is 0 Å². The highest BCUT2D eigenvalue weighted by Gasteiger charge is 2.22. The average molecular weight is 273 g/mol. The van der Waals surface area contributed by atoms with Crippen LogP contribution in [0, 0.1) is 0 Å². The van der Waals surface area contributed by atoms with Gasteiger partial charge in [-0.1, -0.05) is 19.1 Å². The van der Waals surface area contributed by atoms with Crippen LogP contribution in [0.3, 0.4) is 0 Å². The van der Waals surface area contributed by atoms with Gasteiger partial charge in [0.15, 0.2) is 11.5 Å². The number of rotatable bonds is 5. The molecule has 1 aromatic carbocycles. The molecule has 2 unspecified atom stereocenters. The molecule has 4 nitrogen and oxygen atoms in total. The van der Waals surface area contributed by atoms with Crippen LogP contribution in [0.4, 0.5) is 0 Å². The molecule has 20 heavy (non-hydrogen) atoms. The van der Waals surface area contributed by atoms with Gasteiger partial charge >= 0.3 is 0 Å². The Morgan fingerprint density at radius 3 is 2.80 bits per heavy atom. The highest BCUT2D eigenvalue weighted by molar-refractivity contribution is 5.40. The van der Waals surface area contributed by atoms with Gasteiger partial charge in [-0.05, 0) is 30.7 Å². The lowest BCUT2D eigenvalue weighted by atomic mass is 10.1. The normalized spacial score (nSPS) is 18.8. The summed E-state index contributed by atoms with van der Waals surface area (Å²) >= 11 is 0. The summed E-state index contributed by atoms with van der Waals surface area (Å²) in [6.45, 7) is 3.43. The van der Waals surface area contributed by atoms with Crippen LogP contribution in [-0.2, 0) is 0 Å². The lowest BCUT2D eigenvalue weighted by Crippen LogP contribution is -2.39. The molecule has 0 saturated carbocycles. The van der Waals surface area contributed by atoms with Crippen molar-refractivity contribution in [2.45, 2.75) is 25.5 Å². The van der Waals surface area contributed by atoms with E-state index in [1.165, 1.54) is 0 Å². The number of hydrogen-bond donors (Lipinski definition) is 1. The molecule has 106 valence electrons. The minimum atomic E-state index is 0.0221. The first kappa shape index (κ1) is 13.1. The topological polar surface area (TPSA) is 43.6 Å². The van der Waals surface area contributed by atoms with Gasteiger partial charge in [-0.3, -0.25) is 0 Å². The Labute approximate surface area is 118 Å². The third-order valence-electron chi connectivity index (χ3n) is 3.45. The highest BCUT2D eigenvalue weighted by atomic mass is 16.6. The molecule has 0 bridgehead atoms. The van der Waals surface area contributed by atoms with E-state index in [0.29, 0.717) is 6.61 Å². The van der Waals surface area contributed by atoms with Gasteiger partial charge in [-0.2, -0.15) is 0 Å². The molecular formula is C16H19NO3. The molecule has 0 amide bonds. The Morgan fingerprint density at radius 2 is 2.05 bits per heavy atom. The molecule has 1 aliphatic rings. The Morgan fingerprint density at radius 1 is 1.20 bits per heavy atom. The van der Waals surface area contributed by atoms with E-state index in [4.69, 9.17) is 13.9 Å². The molecule has 0 saturated heterocycles. The van der Waals surface area contributed by atoms with E-state index in [1.54, 1.807) is 6.26 Å². The number of nitrogens with one attached hydrogen (secondary N) is 1. The molecule has 1 aromatic heterocycles. The molecule has 1 aliphatic heterocycles. The zero-order valence-electron chi connectivity index (χ0n) is 11.5. The summed E-state index contributed by atoms with van der Waals surface area (Å²) in [6, 6.07) is 11.9. The zero-order valence-corrected chi connectivity index (χ0v) is 11.5. The number of para-hydroxylation sites is 2. The molecule has 2 heterocycles. The van der Waals surface area contributed by atoms with E-state index in [-0.39, 0.29) is 12.1 Å². The lowest BCUT2D eigenvalue weighted by molar-refractivity contribution is 0.0873. The average Bonchev–Trinajstić information content (AvgIpc) is 3.02. The minimum Gasteiger partial charge on any atom is -0.486 e. The van der Waals surface area contributed by atoms with Gasteiger partial charge in [-0.15, -0.1) is 0 Å². The van der Waals surface area contributed by atoms with Crippen LogP contribution in [0.25, 0.3) is 0 Å². The molecule has 3 rings (SSSR count). The number of ether oxygens (including phenoxy) is 2. The molecule has 2 atom stereocenters. The van der Waals surface area contributed by atoms with Crippen LogP contribution in [0.15, 0.2) is 47.1 Å². The first-order chi connectivity index (χ1) is 9.86. The molecule has 0 aliphatic carbocycles. The quantitative estimate of drug-likeness (QED) is 0.908. The summed E-state index contributed by atoms with van der Waals surface area (Å²) in [5.74, 6) is 2.60. The Kier molecular flexibility index (Phi) is 3.92. The van der Waals surface area contributed by atoms with Gasteiger partial charge in [0.2, 0.25) is 0 Å². The predicted molar refractivity (Wildman–Crippen MR) is 76.1 cm³/mol. The summed E-state index contributed by atoms with van der Waals surface area (Å²) in [6.07, 6.45) is 2.70. The maximum absolute atomic E-state index is 5.93. The van der Waals surface area contributed by atoms with Crippen molar-refractivity contribution in [2.75, 3.05) is 13.2 Å². The second kappa shape index (κ2) is 6.01. The summed E-state index contributed by atoms with van der Waals surface area (Å²) in [7, 11) is 0. The summed E-state index contributed by atoms with van der Waals surface area (Å²) in [4.78, 5) is 0. The smallest absolute Gasteiger partial charge is 0.161 e. The van der Waals surface area contributed by atoms with Gasteiger partial charge in [0.25, 0.3) is 0 Å². The first-order valence-electron chi connectivity index (χ1n) is 7.02. The van der Waals surface area contributed by atoms with Gasteiger partial charge in [0, 0.05) is 6.54 Å². The van der Waals surface area contributed by atoms with Gasteiger partial charge < -0.3 is 19.2 Å². The summed E-state index contributed by atoms with van der Waals surface area (Å²) < 4.78 is 17.1. The van der Waals surface area contributed by atoms with Crippen LogP contribution in [0.1, 0.15) is 25.1 Å². The fourth-order valence-corrected chi connectivity index (χ4v) is 2.37. The minimum absolute atomic E-state index is 0.0221. The van der Waals surface area contributed by atoms with E-state index in [1.807, 2.05) is 36.4 Å². The lowest BCUT2D eigenvalue weighted by Gasteiger charge is -2.27. The van der Waals surface area contributed by atoms with Crippen molar-refractivity contribution in [2.24, 2.45) is 0 Å². The van der Waals surface area contributed by atoms with Crippen molar-refractivity contribution in [1.29, 1.82) is 0 Å². The molecule has 0 spiro atoms. The SMILES string of the molecule is CCC(NCC1COc2ccccc2O1)c1ccco1. The molecule has 4 heteroatoms. The van der Waals surface area contributed by atoms with E-state index < -0.39 is 0 Å². The van der Waals surface area contributed by atoms with Crippen LogP contribution < -0.4 is 14.8 Å². The van der Waals surface area contributed by atoms with Crippen molar-refractivity contribution >= 4 is 0 Å². The number of furan rings is 1. The zero-order chi connectivity index (χ0) is 13.8. The largest absolute Gasteiger partial charge is 0.486 e. The fourth-order valence-electron chi connectivity index (χ4n) is 2.37. The summed E-state index contributed by atoms with van der Waals surface area (Å²) in [5, 5.41) is 3.47. The van der Waals surface area contributed by atoms with E-state index >= 15 is 0 Å². The highest BCUT2D eigenvalue weighted by Crippen LogP contribution is 2.30. The third-order valence-corrected chi connectivity index (χ3v) is 3.45. The van der Waals surface area contributed by atoms with Crippen LogP contribution in [-0.4, -0.2) is 19.3 Å². The van der Waals surface area contributed by atoms with Gasteiger partial charge in [0.05, 0.1) is 12.3 Å². The standard InChI is InChI=1S/C16H19NO3/c1-2-13(14-8-5-9-18-14)17-10-12-11-19-15-6-3-4-7-16(15)20-12/h3-9,12-13,17H,2,10-11H2,1H3. The van der Waals surface area contributed by atoms with Crippen LogP contribution in [0.5, 0.6) is 11.5 Å². The fraction of sp³-hybridized carbons (Fsp3) is 0.375. The second-order valence-corrected chi connectivity index (χ2v) is 4.88. The van der Waals surface area contributed by atoms with Crippen molar-refractivity contribution in [1.82, 2.24) is 5.32 Å². The Balaban J connectivity index is 1.57. The van der Waals surface area contributed by atoms with Crippen LogP contribution in [0.2, 0.25) is 0 Å². The van der Waals surface area contributed by atoms with E-state index in [0.717, 1.165) is 30.2 Å². The predicted octanol–water partition coefficient (Wildman–Crippen LogP) is 3.16. The van der Waals surface area contributed by atoms with Gasteiger partial charge in [-0.25, -0.2) is 0 Å². The number of fused-ring (bicyclic) bond motifs is 1. The van der Waals surface area contributed by atoms with Crippen molar-refractivity contribution < 1.29 is 13.9 Å². The monoisotopic (exact) mass is 273 g/mol. The number of benzene rings is 1. The van der Waals surface area contributed by atoms with E-state index in [2.05, 4.69) is 12.2 Å². The van der Waals surface area contributed by atoms with Gasteiger partial charge in [0.1, 0.15) is 18.5 Å². The number of hydrogen-bond acceptors (Lipinski definition) is 4. The molecule has 2 aromatic rings. The Bertz CT molecular complexity index is 538. The maximum Gasteiger partial charge on any atom is 0.161 e. The van der Waals surface area contributed by atoms with Crippen LogP contribution >= 0.6 is 0 Å².